The zero-order valence-corrected chi connectivity index (χ0v) is 10.7. The molecule has 18 heavy (non-hydrogen) atoms. The maximum atomic E-state index is 8.63. The van der Waals surface area contributed by atoms with Crippen molar-refractivity contribution in [1.29, 1.82) is 0 Å². The SMILES string of the molecule is CC1CN(Cc2ccc(C#CCO)cc2)CCO1. The molecule has 0 radical (unpaired) electrons. The minimum Gasteiger partial charge on any atom is -0.384 e. The molecule has 3 heteroatoms. The van der Waals surface area contributed by atoms with Gasteiger partial charge in [0, 0.05) is 25.2 Å². The van der Waals surface area contributed by atoms with Gasteiger partial charge in [0.1, 0.15) is 6.61 Å². The number of nitrogens with zero attached hydrogens (tertiary/aromatic N) is 1. The van der Waals surface area contributed by atoms with Gasteiger partial charge in [0.25, 0.3) is 0 Å². The maximum Gasteiger partial charge on any atom is 0.104 e. The predicted molar refractivity (Wildman–Crippen MR) is 71.1 cm³/mol. The average molecular weight is 245 g/mol. The molecule has 1 aliphatic rings. The van der Waals surface area contributed by atoms with Crippen LogP contribution in [0.4, 0.5) is 0 Å². The van der Waals surface area contributed by atoms with Crippen molar-refractivity contribution in [2.75, 3.05) is 26.3 Å². The first-order valence-corrected chi connectivity index (χ1v) is 6.30. The van der Waals surface area contributed by atoms with Crippen LogP contribution in [-0.4, -0.2) is 42.4 Å². The van der Waals surface area contributed by atoms with E-state index in [-0.39, 0.29) is 6.61 Å². The molecular weight excluding hydrogens is 226 g/mol. The summed E-state index contributed by atoms with van der Waals surface area (Å²) < 4.78 is 5.53. The minimum absolute atomic E-state index is 0.0899. The van der Waals surface area contributed by atoms with Gasteiger partial charge in [0.15, 0.2) is 0 Å². The van der Waals surface area contributed by atoms with Gasteiger partial charge in [-0.1, -0.05) is 24.0 Å². The molecule has 0 aromatic heterocycles. The zero-order chi connectivity index (χ0) is 12.8. The molecule has 2 rings (SSSR count). The van der Waals surface area contributed by atoms with E-state index in [2.05, 4.69) is 35.8 Å². The summed E-state index contributed by atoms with van der Waals surface area (Å²) in [6, 6.07) is 8.20. The Morgan fingerprint density at radius 2 is 2.17 bits per heavy atom. The molecule has 1 saturated heterocycles. The number of hydrogen-bond donors (Lipinski definition) is 1. The highest BCUT2D eigenvalue weighted by atomic mass is 16.5. The van der Waals surface area contributed by atoms with Gasteiger partial charge >= 0.3 is 0 Å². The predicted octanol–water partition coefficient (Wildman–Crippen LogP) is 1.25. The lowest BCUT2D eigenvalue weighted by Crippen LogP contribution is -2.40. The lowest BCUT2D eigenvalue weighted by Gasteiger charge is -2.31. The minimum atomic E-state index is -0.0899. The number of aliphatic hydroxyl groups is 1. The van der Waals surface area contributed by atoms with E-state index in [1.807, 2.05) is 12.1 Å². The number of rotatable bonds is 2. The summed E-state index contributed by atoms with van der Waals surface area (Å²) in [5, 5.41) is 8.63. The summed E-state index contributed by atoms with van der Waals surface area (Å²) in [5.41, 5.74) is 2.24. The second kappa shape index (κ2) is 6.55. The van der Waals surface area contributed by atoms with Crippen LogP contribution in [0.5, 0.6) is 0 Å². The number of benzene rings is 1. The van der Waals surface area contributed by atoms with Crippen molar-refractivity contribution in [2.24, 2.45) is 0 Å². The van der Waals surface area contributed by atoms with Crippen molar-refractivity contribution in [3.05, 3.63) is 35.4 Å². The van der Waals surface area contributed by atoms with E-state index in [1.54, 1.807) is 0 Å². The van der Waals surface area contributed by atoms with E-state index in [0.29, 0.717) is 6.10 Å². The van der Waals surface area contributed by atoms with Crippen molar-refractivity contribution in [3.63, 3.8) is 0 Å². The molecule has 1 unspecified atom stereocenters. The Morgan fingerprint density at radius 1 is 1.39 bits per heavy atom. The van der Waals surface area contributed by atoms with E-state index < -0.39 is 0 Å². The molecule has 1 atom stereocenters. The highest BCUT2D eigenvalue weighted by molar-refractivity contribution is 5.36. The summed E-state index contributed by atoms with van der Waals surface area (Å²) >= 11 is 0. The Kier molecular flexibility index (Phi) is 4.77. The fourth-order valence-electron chi connectivity index (χ4n) is 2.13. The normalized spacial score (nSPS) is 20.2. The van der Waals surface area contributed by atoms with E-state index in [9.17, 15) is 0 Å². The van der Waals surface area contributed by atoms with Gasteiger partial charge < -0.3 is 9.84 Å². The third kappa shape index (κ3) is 3.85. The third-order valence-electron chi connectivity index (χ3n) is 3.00. The Bertz CT molecular complexity index is 430. The third-order valence-corrected chi connectivity index (χ3v) is 3.00. The van der Waals surface area contributed by atoms with Crippen LogP contribution in [0.2, 0.25) is 0 Å². The first kappa shape index (κ1) is 13.1. The molecule has 0 bridgehead atoms. The van der Waals surface area contributed by atoms with E-state index >= 15 is 0 Å². The molecule has 1 fully saturated rings. The lowest BCUT2D eigenvalue weighted by molar-refractivity contribution is -0.0212. The topological polar surface area (TPSA) is 32.7 Å². The maximum absolute atomic E-state index is 8.63. The summed E-state index contributed by atoms with van der Waals surface area (Å²) in [6.07, 6.45) is 0.327. The Hall–Kier alpha value is -1.34. The molecule has 0 aliphatic carbocycles. The Morgan fingerprint density at radius 3 is 2.83 bits per heavy atom. The van der Waals surface area contributed by atoms with Crippen molar-refractivity contribution in [3.8, 4) is 11.8 Å². The molecule has 0 amide bonds. The van der Waals surface area contributed by atoms with E-state index in [1.165, 1.54) is 5.56 Å². The highest BCUT2D eigenvalue weighted by Gasteiger charge is 2.16. The Labute approximate surface area is 108 Å². The van der Waals surface area contributed by atoms with E-state index in [0.717, 1.165) is 31.8 Å². The molecule has 0 saturated carbocycles. The number of aliphatic hydroxyl groups excluding tert-OH is 1. The van der Waals surface area contributed by atoms with Crippen molar-refractivity contribution < 1.29 is 9.84 Å². The van der Waals surface area contributed by atoms with Gasteiger partial charge in [-0.2, -0.15) is 0 Å². The second-order valence-corrected chi connectivity index (χ2v) is 4.57. The molecule has 0 spiro atoms. The summed E-state index contributed by atoms with van der Waals surface area (Å²) in [7, 11) is 0. The molecule has 3 nitrogen and oxygen atoms in total. The van der Waals surface area contributed by atoms with Crippen LogP contribution in [0.15, 0.2) is 24.3 Å². The fourth-order valence-corrected chi connectivity index (χ4v) is 2.13. The van der Waals surface area contributed by atoms with Crippen LogP contribution < -0.4 is 0 Å². The quantitative estimate of drug-likeness (QED) is 0.796. The van der Waals surface area contributed by atoms with Gasteiger partial charge in [0.2, 0.25) is 0 Å². The van der Waals surface area contributed by atoms with Crippen LogP contribution >= 0.6 is 0 Å². The Balaban J connectivity index is 1.93. The number of hydrogen-bond acceptors (Lipinski definition) is 3. The molecule has 1 aliphatic heterocycles. The largest absolute Gasteiger partial charge is 0.384 e. The highest BCUT2D eigenvalue weighted by Crippen LogP contribution is 2.11. The van der Waals surface area contributed by atoms with Gasteiger partial charge in [-0.05, 0) is 24.6 Å². The van der Waals surface area contributed by atoms with E-state index in [4.69, 9.17) is 9.84 Å². The summed E-state index contributed by atoms with van der Waals surface area (Å²) in [4.78, 5) is 2.41. The molecular formula is C15H19NO2. The number of ether oxygens (including phenoxy) is 1. The molecule has 1 heterocycles. The molecule has 1 N–H and O–H groups in total. The smallest absolute Gasteiger partial charge is 0.104 e. The fraction of sp³-hybridized carbons (Fsp3) is 0.467. The summed E-state index contributed by atoms with van der Waals surface area (Å²) in [6.45, 7) is 5.79. The molecule has 96 valence electrons. The molecule has 1 aromatic rings. The lowest BCUT2D eigenvalue weighted by atomic mass is 10.1. The number of morpholine rings is 1. The van der Waals surface area contributed by atoms with Gasteiger partial charge in [-0.15, -0.1) is 0 Å². The van der Waals surface area contributed by atoms with Gasteiger partial charge in [-0.3, -0.25) is 4.90 Å². The summed E-state index contributed by atoms with van der Waals surface area (Å²) in [5.74, 6) is 5.55. The molecule has 1 aromatic carbocycles. The second-order valence-electron chi connectivity index (χ2n) is 4.57. The standard InChI is InChI=1S/C15H19NO2/c1-13-11-16(8-10-18-13)12-15-6-4-14(5-7-15)3-2-9-17/h4-7,13,17H,8-12H2,1H3. The van der Waals surface area contributed by atoms with Crippen LogP contribution in [0, 0.1) is 11.8 Å². The zero-order valence-electron chi connectivity index (χ0n) is 10.7. The van der Waals surface area contributed by atoms with Crippen molar-refractivity contribution >= 4 is 0 Å². The van der Waals surface area contributed by atoms with Crippen LogP contribution in [0.25, 0.3) is 0 Å². The van der Waals surface area contributed by atoms with Crippen LogP contribution in [0.1, 0.15) is 18.1 Å². The van der Waals surface area contributed by atoms with Crippen LogP contribution in [0.3, 0.4) is 0 Å². The van der Waals surface area contributed by atoms with Crippen molar-refractivity contribution in [2.45, 2.75) is 19.6 Å². The van der Waals surface area contributed by atoms with Gasteiger partial charge in [-0.25, -0.2) is 0 Å². The monoisotopic (exact) mass is 245 g/mol. The van der Waals surface area contributed by atoms with Gasteiger partial charge in [0.05, 0.1) is 12.7 Å². The van der Waals surface area contributed by atoms with Crippen LogP contribution in [-0.2, 0) is 11.3 Å². The first-order valence-electron chi connectivity index (χ1n) is 6.30. The van der Waals surface area contributed by atoms with Crippen molar-refractivity contribution in [1.82, 2.24) is 4.90 Å². The first-order chi connectivity index (χ1) is 8.78. The average Bonchev–Trinajstić information content (AvgIpc) is 2.38.